The van der Waals surface area contributed by atoms with Gasteiger partial charge in [-0.15, -0.1) is 0 Å². The van der Waals surface area contributed by atoms with Crippen LogP contribution in [0.3, 0.4) is 0 Å². The minimum Gasteiger partial charge on any atom is -0.550 e. The zero-order chi connectivity index (χ0) is 17.4. The molecule has 4 heteroatoms. The molecule has 0 N–H and O–H groups in total. The Hall–Kier alpha value is -1.29. The number of hydrogen-bond donors (Lipinski definition) is 0. The van der Waals surface area contributed by atoms with Crippen molar-refractivity contribution in [3.8, 4) is 5.75 Å². The number of carbonyl (C=O) groups excluding carboxylic acids is 1. The molecule has 0 heterocycles. The number of ether oxygens (including phenoxy) is 1. The van der Waals surface area contributed by atoms with E-state index in [-0.39, 0.29) is 41.9 Å². The summed E-state index contributed by atoms with van der Waals surface area (Å²) in [5.41, 5.74) is 1.94. The third-order valence-corrected chi connectivity index (χ3v) is 4.50. The second-order valence-electron chi connectivity index (χ2n) is 6.10. The fraction of sp³-hybridized carbons (Fsp3) is 0.381. The molecule has 0 saturated heterocycles. The Balaban J connectivity index is 0.00000312. The third kappa shape index (κ3) is 6.85. The third-order valence-electron chi connectivity index (χ3n) is 4.50. The Labute approximate surface area is 172 Å². The van der Waals surface area contributed by atoms with Crippen LogP contribution in [-0.4, -0.2) is 12.6 Å². The molecule has 0 radical (unpaired) electrons. The predicted molar refractivity (Wildman–Crippen MR) is 93.9 cm³/mol. The van der Waals surface area contributed by atoms with Gasteiger partial charge >= 0.3 is 29.6 Å². The first kappa shape index (κ1) is 21.8. The van der Waals surface area contributed by atoms with Gasteiger partial charge in [0.2, 0.25) is 0 Å². The van der Waals surface area contributed by atoms with Crippen molar-refractivity contribution in [1.82, 2.24) is 0 Å². The van der Waals surface area contributed by atoms with Crippen molar-refractivity contribution >= 4 is 5.97 Å². The van der Waals surface area contributed by atoms with Gasteiger partial charge in [-0.1, -0.05) is 69.2 Å². The van der Waals surface area contributed by atoms with Gasteiger partial charge < -0.3 is 14.6 Å². The SMILES string of the molecule is CCC(CC)COc1ccc(C(CC(=O)[O-])c2ccccc2)cc1.[Na+]. The number of hydrogen-bond acceptors (Lipinski definition) is 3. The summed E-state index contributed by atoms with van der Waals surface area (Å²) >= 11 is 0. The van der Waals surface area contributed by atoms with Crippen molar-refractivity contribution in [2.75, 3.05) is 6.61 Å². The summed E-state index contributed by atoms with van der Waals surface area (Å²) < 4.78 is 5.84. The van der Waals surface area contributed by atoms with Crippen LogP contribution in [0.1, 0.15) is 50.2 Å². The molecule has 2 rings (SSSR count). The van der Waals surface area contributed by atoms with Gasteiger partial charge in [0.15, 0.2) is 0 Å². The molecule has 3 nitrogen and oxygen atoms in total. The maximum atomic E-state index is 11.1. The first-order chi connectivity index (χ1) is 11.6. The average molecular weight is 348 g/mol. The fourth-order valence-electron chi connectivity index (χ4n) is 2.81. The van der Waals surface area contributed by atoms with Crippen LogP contribution in [0.15, 0.2) is 54.6 Å². The van der Waals surface area contributed by atoms with Crippen molar-refractivity contribution in [3.05, 3.63) is 65.7 Å². The first-order valence-electron chi connectivity index (χ1n) is 8.61. The summed E-state index contributed by atoms with van der Waals surface area (Å²) in [4.78, 5) is 11.1. The molecular weight excluding hydrogens is 323 g/mol. The number of carboxylic acids is 1. The zero-order valence-corrected chi connectivity index (χ0v) is 17.4. The Bertz CT molecular complexity index is 621. The number of rotatable bonds is 9. The molecule has 2 aromatic rings. The Morgan fingerprint density at radius 1 is 0.960 bits per heavy atom. The molecule has 0 amide bonds. The average Bonchev–Trinajstić information content (AvgIpc) is 2.62. The molecule has 0 aliphatic carbocycles. The quantitative estimate of drug-likeness (QED) is 0.629. The van der Waals surface area contributed by atoms with Gasteiger partial charge in [-0.25, -0.2) is 0 Å². The molecule has 0 aliphatic heterocycles. The summed E-state index contributed by atoms with van der Waals surface area (Å²) in [6.07, 6.45) is 2.19. The van der Waals surface area contributed by atoms with Gasteiger partial charge in [0.05, 0.1) is 6.61 Å². The summed E-state index contributed by atoms with van der Waals surface area (Å²) in [7, 11) is 0. The van der Waals surface area contributed by atoms with E-state index in [4.69, 9.17) is 4.74 Å². The van der Waals surface area contributed by atoms with E-state index in [2.05, 4.69) is 13.8 Å². The molecule has 0 spiro atoms. The van der Waals surface area contributed by atoms with E-state index in [1.54, 1.807) is 0 Å². The van der Waals surface area contributed by atoms with Crippen LogP contribution in [0.4, 0.5) is 0 Å². The van der Waals surface area contributed by atoms with E-state index in [0.29, 0.717) is 12.5 Å². The van der Waals surface area contributed by atoms with Gasteiger partial charge in [0, 0.05) is 11.9 Å². The molecule has 2 aromatic carbocycles. The molecule has 1 atom stereocenters. The van der Waals surface area contributed by atoms with Gasteiger partial charge in [0.1, 0.15) is 5.75 Å². The number of aliphatic carboxylic acids is 1. The smallest absolute Gasteiger partial charge is 0.550 e. The Morgan fingerprint density at radius 2 is 1.52 bits per heavy atom. The number of carbonyl (C=O) groups is 1. The molecule has 128 valence electrons. The van der Waals surface area contributed by atoms with Gasteiger partial charge in [0.25, 0.3) is 0 Å². The minimum absolute atomic E-state index is 0. The second-order valence-corrected chi connectivity index (χ2v) is 6.10. The van der Waals surface area contributed by atoms with E-state index in [0.717, 1.165) is 29.7 Å². The van der Waals surface area contributed by atoms with Gasteiger partial charge in [-0.3, -0.25) is 0 Å². The summed E-state index contributed by atoms with van der Waals surface area (Å²) in [5, 5.41) is 11.1. The fourth-order valence-corrected chi connectivity index (χ4v) is 2.81. The molecule has 0 fully saturated rings. The van der Waals surface area contributed by atoms with Crippen LogP contribution in [0.25, 0.3) is 0 Å². The normalized spacial score (nSPS) is 11.6. The predicted octanol–water partition coefficient (Wildman–Crippen LogP) is 0.778. The van der Waals surface area contributed by atoms with E-state index >= 15 is 0 Å². The molecule has 25 heavy (non-hydrogen) atoms. The molecule has 0 saturated carbocycles. The maximum Gasteiger partial charge on any atom is 1.00 e. The number of benzene rings is 2. The van der Waals surface area contributed by atoms with Crippen LogP contribution >= 0.6 is 0 Å². The second kappa shape index (κ2) is 11.3. The maximum absolute atomic E-state index is 11.1. The Morgan fingerprint density at radius 3 is 2.04 bits per heavy atom. The van der Waals surface area contributed by atoms with E-state index < -0.39 is 5.97 Å². The van der Waals surface area contributed by atoms with Crippen molar-refractivity contribution in [2.24, 2.45) is 5.92 Å². The topological polar surface area (TPSA) is 49.4 Å². The van der Waals surface area contributed by atoms with Gasteiger partial charge in [-0.2, -0.15) is 0 Å². The largest absolute Gasteiger partial charge is 1.00 e. The molecule has 0 aromatic heterocycles. The van der Waals surface area contributed by atoms with E-state index in [1.807, 2.05) is 54.6 Å². The van der Waals surface area contributed by atoms with Crippen molar-refractivity contribution in [1.29, 1.82) is 0 Å². The van der Waals surface area contributed by atoms with Crippen LogP contribution < -0.4 is 39.4 Å². The van der Waals surface area contributed by atoms with Crippen molar-refractivity contribution < 1.29 is 44.2 Å². The summed E-state index contributed by atoms with van der Waals surface area (Å²) in [6, 6.07) is 17.4. The molecule has 0 aliphatic rings. The van der Waals surface area contributed by atoms with Crippen LogP contribution in [0.2, 0.25) is 0 Å². The van der Waals surface area contributed by atoms with E-state index in [1.165, 1.54) is 0 Å². The Kier molecular flexibility index (Phi) is 9.88. The van der Waals surface area contributed by atoms with Gasteiger partial charge in [-0.05, 0) is 35.6 Å². The van der Waals surface area contributed by atoms with Crippen molar-refractivity contribution in [3.63, 3.8) is 0 Å². The molecule has 0 bridgehead atoms. The first-order valence-corrected chi connectivity index (χ1v) is 8.61. The summed E-state index contributed by atoms with van der Waals surface area (Å²) in [6.45, 7) is 5.06. The van der Waals surface area contributed by atoms with E-state index in [9.17, 15) is 9.90 Å². The monoisotopic (exact) mass is 348 g/mol. The zero-order valence-electron chi connectivity index (χ0n) is 15.4. The number of carboxylic acid groups (broad SMARTS) is 1. The molecular formula is C21H25NaO3. The minimum atomic E-state index is -1.04. The standard InChI is InChI=1S/C21H26O3.Na/c1-3-16(4-2)15-24-19-12-10-18(11-13-19)20(14-21(22)23)17-8-6-5-7-9-17;/h5-13,16,20H,3-4,14-15H2,1-2H3,(H,22,23);/q;+1/p-1. The van der Waals surface area contributed by atoms with Crippen LogP contribution in [0, 0.1) is 5.92 Å². The molecule has 1 unspecified atom stereocenters. The van der Waals surface area contributed by atoms with Crippen LogP contribution in [0.5, 0.6) is 5.75 Å². The van der Waals surface area contributed by atoms with Crippen molar-refractivity contribution in [2.45, 2.75) is 39.0 Å². The summed E-state index contributed by atoms with van der Waals surface area (Å²) in [5.74, 6) is 0.146. The van der Waals surface area contributed by atoms with Crippen LogP contribution in [-0.2, 0) is 4.79 Å².